The third-order valence-corrected chi connectivity index (χ3v) is 4.01. The van der Waals surface area contributed by atoms with Gasteiger partial charge in [-0.2, -0.15) is 5.10 Å². The molecular weight excluding hydrogens is 238 g/mol. The van der Waals surface area contributed by atoms with Gasteiger partial charge < -0.3 is 15.5 Å². The molecule has 0 bridgehead atoms. The molecule has 2 rings (SSSR count). The molecule has 1 aliphatic heterocycles. The minimum absolute atomic E-state index is 0.367. The molecule has 2 heterocycles. The Morgan fingerprint density at radius 3 is 2.58 bits per heavy atom. The summed E-state index contributed by atoms with van der Waals surface area (Å²) in [5.41, 5.74) is 8.12. The van der Waals surface area contributed by atoms with Crippen LogP contribution in [-0.4, -0.2) is 48.4 Å². The summed E-state index contributed by atoms with van der Waals surface area (Å²) in [5, 5.41) is 4.56. The van der Waals surface area contributed by atoms with Crippen molar-refractivity contribution in [2.45, 2.75) is 26.2 Å². The molecule has 108 valence electrons. The van der Waals surface area contributed by atoms with Crippen LogP contribution in [0.4, 0.5) is 11.5 Å². The molecule has 1 aliphatic rings. The number of hydrogen-bond acceptors (Lipinski definition) is 4. The van der Waals surface area contributed by atoms with E-state index in [1.165, 1.54) is 19.5 Å². The maximum atomic E-state index is 6.27. The lowest BCUT2D eigenvalue weighted by atomic mass is 10.1. The fourth-order valence-corrected chi connectivity index (χ4v) is 3.08. The van der Waals surface area contributed by atoms with E-state index < -0.39 is 0 Å². The lowest BCUT2D eigenvalue weighted by Crippen LogP contribution is -2.29. The lowest BCUT2D eigenvalue weighted by Gasteiger charge is -2.23. The Labute approximate surface area is 116 Å². The topological polar surface area (TPSA) is 50.3 Å². The first kappa shape index (κ1) is 14.2. The molecule has 1 aromatic rings. The Morgan fingerprint density at radius 1 is 1.42 bits per heavy atom. The van der Waals surface area contributed by atoms with Gasteiger partial charge in [-0.25, -0.2) is 0 Å². The number of likely N-dealkylation sites (tertiary alicyclic amines) is 1. The molecule has 2 N–H and O–H groups in total. The van der Waals surface area contributed by atoms with Gasteiger partial charge in [-0.05, 0) is 31.8 Å². The van der Waals surface area contributed by atoms with Crippen molar-refractivity contribution in [3.8, 4) is 0 Å². The molecule has 5 nitrogen and oxygen atoms in total. The standard InChI is InChI=1S/C14H27N5/c1-10(2)13-12(15)14(19(5)16-13)18(4)9-11-6-7-17(3)8-11/h10-11H,6-9,15H2,1-5H3. The van der Waals surface area contributed by atoms with Gasteiger partial charge in [0.05, 0.1) is 11.4 Å². The number of anilines is 2. The van der Waals surface area contributed by atoms with E-state index >= 15 is 0 Å². The van der Waals surface area contributed by atoms with Gasteiger partial charge in [0, 0.05) is 27.2 Å². The van der Waals surface area contributed by atoms with E-state index in [9.17, 15) is 0 Å². The molecule has 5 heteroatoms. The average molecular weight is 265 g/mol. The summed E-state index contributed by atoms with van der Waals surface area (Å²) in [6.07, 6.45) is 1.27. The predicted octanol–water partition coefficient (Wildman–Crippen LogP) is 1.51. The van der Waals surface area contributed by atoms with Crippen LogP contribution >= 0.6 is 0 Å². The Kier molecular flexibility index (Phi) is 4.04. The summed E-state index contributed by atoms with van der Waals surface area (Å²) >= 11 is 0. The minimum atomic E-state index is 0.367. The van der Waals surface area contributed by atoms with Gasteiger partial charge in [0.1, 0.15) is 5.82 Å². The molecule has 0 aliphatic carbocycles. The Morgan fingerprint density at radius 2 is 2.11 bits per heavy atom. The lowest BCUT2D eigenvalue weighted by molar-refractivity contribution is 0.395. The molecule has 0 aromatic carbocycles. The van der Waals surface area contributed by atoms with Crippen LogP contribution in [0.1, 0.15) is 31.9 Å². The first-order valence-corrected chi connectivity index (χ1v) is 7.12. The maximum Gasteiger partial charge on any atom is 0.150 e. The van der Waals surface area contributed by atoms with Crippen molar-refractivity contribution in [1.82, 2.24) is 14.7 Å². The summed E-state index contributed by atoms with van der Waals surface area (Å²) in [5.74, 6) is 2.15. The van der Waals surface area contributed by atoms with Crippen molar-refractivity contribution in [1.29, 1.82) is 0 Å². The molecule has 1 saturated heterocycles. The summed E-state index contributed by atoms with van der Waals surface area (Å²) in [6, 6.07) is 0. The van der Waals surface area contributed by atoms with Gasteiger partial charge in [-0.15, -0.1) is 0 Å². The van der Waals surface area contributed by atoms with E-state index in [1.54, 1.807) is 0 Å². The number of nitrogens with two attached hydrogens (primary N) is 1. The van der Waals surface area contributed by atoms with Gasteiger partial charge in [0.2, 0.25) is 0 Å². The quantitative estimate of drug-likeness (QED) is 0.896. The number of hydrogen-bond donors (Lipinski definition) is 1. The van der Waals surface area contributed by atoms with Crippen LogP contribution < -0.4 is 10.6 Å². The SMILES string of the molecule is CC(C)c1nn(C)c(N(C)CC2CCN(C)C2)c1N. The Hall–Kier alpha value is -1.23. The molecule has 0 saturated carbocycles. The molecule has 0 amide bonds. The molecule has 0 spiro atoms. The van der Waals surface area contributed by atoms with Crippen LogP contribution in [0.2, 0.25) is 0 Å². The summed E-state index contributed by atoms with van der Waals surface area (Å²) < 4.78 is 1.92. The molecule has 1 aromatic heterocycles. The predicted molar refractivity (Wildman–Crippen MR) is 80.6 cm³/mol. The van der Waals surface area contributed by atoms with Crippen molar-refractivity contribution in [2.75, 3.05) is 44.4 Å². The second kappa shape index (κ2) is 5.41. The third kappa shape index (κ3) is 2.86. The summed E-state index contributed by atoms with van der Waals surface area (Å²) in [4.78, 5) is 4.66. The van der Waals surface area contributed by atoms with E-state index in [1.807, 2.05) is 11.7 Å². The summed E-state index contributed by atoms with van der Waals surface area (Å²) in [6.45, 7) is 7.70. The van der Waals surface area contributed by atoms with Crippen LogP contribution in [0, 0.1) is 5.92 Å². The number of aromatic nitrogens is 2. The van der Waals surface area contributed by atoms with E-state index in [0.29, 0.717) is 5.92 Å². The zero-order valence-corrected chi connectivity index (χ0v) is 12.8. The number of rotatable bonds is 4. The van der Waals surface area contributed by atoms with Gasteiger partial charge in [-0.3, -0.25) is 4.68 Å². The zero-order chi connectivity index (χ0) is 14.2. The number of aryl methyl sites for hydroxylation is 1. The van der Waals surface area contributed by atoms with Crippen molar-refractivity contribution in [2.24, 2.45) is 13.0 Å². The van der Waals surface area contributed by atoms with Crippen LogP contribution in [0.3, 0.4) is 0 Å². The van der Waals surface area contributed by atoms with Crippen molar-refractivity contribution >= 4 is 11.5 Å². The van der Waals surface area contributed by atoms with Crippen molar-refractivity contribution < 1.29 is 0 Å². The van der Waals surface area contributed by atoms with Gasteiger partial charge in [0.15, 0.2) is 0 Å². The van der Waals surface area contributed by atoms with Gasteiger partial charge >= 0.3 is 0 Å². The van der Waals surface area contributed by atoms with Gasteiger partial charge in [-0.1, -0.05) is 13.8 Å². The largest absolute Gasteiger partial charge is 0.394 e. The summed E-state index contributed by atoms with van der Waals surface area (Å²) in [7, 11) is 6.29. The van der Waals surface area contributed by atoms with E-state index in [-0.39, 0.29) is 0 Å². The third-order valence-electron chi connectivity index (χ3n) is 4.01. The monoisotopic (exact) mass is 265 g/mol. The number of nitrogen functional groups attached to an aromatic ring is 1. The molecule has 1 atom stereocenters. The van der Waals surface area contributed by atoms with Crippen molar-refractivity contribution in [3.63, 3.8) is 0 Å². The minimum Gasteiger partial charge on any atom is -0.394 e. The first-order chi connectivity index (χ1) is 8.90. The average Bonchev–Trinajstić information content (AvgIpc) is 2.83. The van der Waals surface area contributed by atoms with Crippen LogP contribution in [0.15, 0.2) is 0 Å². The van der Waals surface area contributed by atoms with Crippen LogP contribution in [0.5, 0.6) is 0 Å². The van der Waals surface area contributed by atoms with Crippen molar-refractivity contribution in [3.05, 3.63) is 5.69 Å². The highest BCUT2D eigenvalue weighted by Crippen LogP contribution is 2.31. The smallest absolute Gasteiger partial charge is 0.150 e. The molecule has 19 heavy (non-hydrogen) atoms. The zero-order valence-electron chi connectivity index (χ0n) is 12.8. The number of nitrogens with zero attached hydrogens (tertiary/aromatic N) is 4. The molecule has 1 unspecified atom stereocenters. The molecule has 0 radical (unpaired) electrons. The fourth-order valence-electron chi connectivity index (χ4n) is 3.08. The normalized spacial score (nSPS) is 20.4. The molecule has 1 fully saturated rings. The Balaban J connectivity index is 2.12. The second-order valence-corrected chi connectivity index (χ2v) is 6.20. The van der Waals surface area contributed by atoms with E-state index in [0.717, 1.165) is 29.7 Å². The maximum absolute atomic E-state index is 6.27. The van der Waals surface area contributed by atoms with Gasteiger partial charge in [0.25, 0.3) is 0 Å². The van der Waals surface area contributed by atoms with Crippen LogP contribution in [0.25, 0.3) is 0 Å². The second-order valence-electron chi connectivity index (χ2n) is 6.20. The van der Waals surface area contributed by atoms with Crippen LogP contribution in [-0.2, 0) is 7.05 Å². The van der Waals surface area contributed by atoms with E-state index in [4.69, 9.17) is 5.73 Å². The molecular formula is C14H27N5. The van der Waals surface area contributed by atoms with E-state index in [2.05, 4.69) is 42.8 Å². The first-order valence-electron chi connectivity index (χ1n) is 7.12. The highest BCUT2D eigenvalue weighted by molar-refractivity contribution is 5.66. The highest BCUT2D eigenvalue weighted by atomic mass is 15.4. The Bertz CT molecular complexity index is 437. The highest BCUT2D eigenvalue weighted by Gasteiger charge is 2.24. The fraction of sp³-hybridized carbons (Fsp3) is 0.786.